The Morgan fingerprint density at radius 3 is 0.476 bits per heavy atom. The molecule has 0 aliphatic carbocycles. The molecule has 0 aliphatic rings. The summed E-state index contributed by atoms with van der Waals surface area (Å²) < 4.78 is 0. The molecule has 0 atom stereocenters. The number of aliphatic hydroxyl groups excluding tert-OH is 4. The van der Waals surface area contributed by atoms with Crippen LogP contribution < -0.4 is 0 Å². The van der Waals surface area contributed by atoms with Gasteiger partial charge in [-0.1, -0.05) is 55.4 Å². The van der Waals surface area contributed by atoms with Gasteiger partial charge in [0.15, 0.2) is 0 Å². The third-order valence-electron chi connectivity index (χ3n) is 1.46. The van der Waals surface area contributed by atoms with Crippen LogP contribution in [0, 0.1) is 23.7 Å². The lowest BCUT2D eigenvalue weighted by molar-refractivity contribution is 0.248. The first-order chi connectivity index (χ1) is 9.08. The van der Waals surface area contributed by atoms with Crippen molar-refractivity contribution in [3.63, 3.8) is 0 Å². The summed E-state index contributed by atoms with van der Waals surface area (Å²) in [5, 5.41) is 32.6. The minimum Gasteiger partial charge on any atom is -0.396 e. The average Bonchev–Trinajstić information content (AvgIpc) is 2.40. The van der Waals surface area contributed by atoms with Gasteiger partial charge in [0, 0.05) is 43.8 Å². The van der Waals surface area contributed by atoms with E-state index in [1.165, 1.54) is 0 Å². The van der Waals surface area contributed by atoms with Gasteiger partial charge in [-0.05, 0) is 23.7 Å². The van der Waals surface area contributed by atoms with E-state index >= 15 is 0 Å². The first kappa shape index (κ1) is 33.1. The third kappa shape index (κ3) is 98.1. The molecule has 4 N–H and O–H groups in total. The lowest BCUT2D eigenvalue weighted by atomic mass is 10.2. The second-order valence-electron chi connectivity index (χ2n) is 6.31. The standard InChI is InChI=1S/4C4H10O.Al/c4*1-4(2)3-5;/h4*4-5H,3H2,1-2H3;. The van der Waals surface area contributed by atoms with E-state index in [2.05, 4.69) is 0 Å². The molecule has 0 rings (SSSR count). The van der Waals surface area contributed by atoms with Crippen LogP contribution >= 0.6 is 0 Å². The Kier molecular flexibility index (Phi) is 44.9. The van der Waals surface area contributed by atoms with Crippen molar-refractivity contribution in [1.29, 1.82) is 0 Å². The summed E-state index contributed by atoms with van der Waals surface area (Å²) >= 11 is 0. The number of hydrogen-bond donors (Lipinski definition) is 4. The SMILES string of the molecule is CC(C)CO.CC(C)CO.CC(C)CO.CC(C)CO.[Al]. The molecule has 0 heterocycles. The molecule has 0 aromatic heterocycles. The first-order valence-corrected chi connectivity index (χ1v) is 7.52. The Bertz CT molecular complexity index is 108. The highest BCUT2D eigenvalue weighted by atomic mass is 27.0. The molecule has 0 fully saturated rings. The maximum absolute atomic E-state index is 8.14. The predicted molar refractivity (Wildman–Crippen MR) is 93.4 cm³/mol. The van der Waals surface area contributed by atoms with Gasteiger partial charge in [-0.25, -0.2) is 0 Å². The van der Waals surface area contributed by atoms with Crippen LogP contribution in [0.5, 0.6) is 0 Å². The molecule has 0 bridgehead atoms. The molecule has 0 aromatic carbocycles. The second-order valence-corrected chi connectivity index (χ2v) is 6.31. The molecular formula is C16H40AlO4. The normalized spacial score (nSPS) is 9.14. The largest absolute Gasteiger partial charge is 0.396 e. The van der Waals surface area contributed by atoms with Gasteiger partial charge < -0.3 is 20.4 Å². The van der Waals surface area contributed by atoms with Crippen molar-refractivity contribution in [2.24, 2.45) is 23.7 Å². The zero-order valence-electron chi connectivity index (χ0n) is 15.5. The molecular weight excluding hydrogens is 283 g/mol. The van der Waals surface area contributed by atoms with Crippen LogP contribution in [0.15, 0.2) is 0 Å². The lowest BCUT2D eigenvalue weighted by Crippen LogP contribution is -1.90. The molecule has 0 aliphatic heterocycles. The van der Waals surface area contributed by atoms with Crippen LogP contribution in [-0.2, 0) is 0 Å². The van der Waals surface area contributed by atoms with Gasteiger partial charge in [-0.2, -0.15) is 0 Å². The Balaban J connectivity index is -0.0000000533. The molecule has 0 aromatic rings. The quantitative estimate of drug-likeness (QED) is 0.598. The number of aliphatic hydroxyl groups is 4. The fourth-order valence-corrected chi connectivity index (χ4v) is 0. The number of rotatable bonds is 4. The molecule has 0 spiro atoms. The van der Waals surface area contributed by atoms with Gasteiger partial charge >= 0.3 is 0 Å². The molecule has 4 nitrogen and oxygen atoms in total. The van der Waals surface area contributed by atoms with Crippen molar-refractivity contribution in [2.45, 2.75) is 55.4 Å². The maximum atomic E-state index is 8.14. The summed E-state index contributed by atoms with van der Waals surface area (Å²) in [6, 6.07) is 0. The van der Waals surface area contributed by atoms with E-state index in [1.54, 1.807) is 0 Å². The first-order valence-electron chi connectivity index (χ1n) is 7.52. The van der Waals surface area contributed by atoms with Gasteiger partial charge in [0.25, 0.3) is 0 Å². The van der Waals surface area contributed by atoms with Crippen molar-refractivity contribution >= 4 is 17.4 Å². The molecule has 0 unspecified atom stereocenters. The van der Waals surface area contributed by atoms with Gasteiger partial charge in [0.05, 0.1) is 0 Å². The van der Waals surface area contributed by atoms with Crippen molar-refractivity contribution < 1.29 is 20.4 Å². The monoisotopic (exact) mass is 323 g/mol. The van der Waals surface area contributed by atoms with Crippen LogP contribution in [-0.4, -0.2) is 64.2 Å². The Morgan fingerprint density at radius 2 is 0.476 bits per heavy atom. The second kappa shape index (κ2) is 28.5. The van der Waals surface area contributed by atoms with E-state index < -0.39 is 0 Å². The van der Waals surface area contributed by atoms with Crippen LogP contribution in [0.4, 0.5) is 0 Å². The van der Waals surface area contributed by atoms with Gasteiger partial charge in [-0.15, -0.1) is 0 Å². The summed E-state index contributed by atoms with van der Waals surface area (Å²) in [6.45, 7) is 17.0. The maximum Gasteiger partial charge on any atom is 0.0453 e. The van der Waals surface area contributed by atoms with E-state index in [0.717, 1.165) is 0 Å². The highest BCUT2D eigenvalue weighted by Gasteiger charge is 1.82. The highest BCUT2D eigenvalue weighted by Crippen LogP contribution is 1.84. The zero-order chi connectivity index (χ0) is 17.1. The minimum absolute atomic E-state index is 0. The van der Waals surface area contributed by atoms with Gasteiger partial charge in [-0.3, -0.25) is 0 Å². The molecule has 0 saturated carbocycles. The molecule has 21 heavy (non-hydrogen) atoms. The Hall–Kier alpha value is 0.372. The van der Waals surface area contributed by atoms with E-state index in [0.29, 0.717) is 50.1 Å². The fraction of sp³-hybridized carbons (Fsp3) is 1.00. The summed E-state index contributed by atoms with van der Waals surface area (Å²) in [4.78, 5) is 0. The van der Waals surface area contributed by atoms with E-state index in [1.807, 2.05) is 55.4 Å². The van der Waals surface area contributed by atoms with E-state index in [-0.39, 0.29) is 17.4 Å². The molecule has 131 valence electrons. The third-order valence-corrected chi connectivity index (χ3v) is 1.46. The van der Waals surface area contributed by atoms with Crippen LogP contribution in [0.3, 0.4) is 0 Å². The van der Waals surface area contributed by atoms with Crippen LogP contribution in [0.1, 0.15) is 55.4 Å². The smallest absolute Gasteiger partial charge is 0.0453 e. The zero-order valence-corrected chi connectivity index (χ0v) is 16.7. The average molecular weight is 323 g/mol. The summed E-state index contributed by atoms with van der Waals surface area (Å²) in [7, 11) is 0. The van der Waals surface area contributed by atoms with Gasteiger partial charge in [0.2, 0.25) is 0 Å². The minimum atomic E-state index is 0. The van der Waals surface area contributed by atoms with Crippen LogP contribution in [0.25, 0.3) is 0 Å². The Labute approximate surface area is 143 Å². The highest BCUT2D eigenvalue weighted by molar-refractivity contribution is 5.75. The number of hydrogen-bond acceptors (Lipinski definition) is 4. The topological polar surface area (TPSA) is 80.9 Å². The van der Waals surface area contributed by atoms with Crippen LogP contribution in [0.2, 0.25) is 0 Å². The summed E-state index contributed by atoms with van der Waals surface area (Å²) in [5.41, 5.74) is 0. The molecule has 0 amide bonds. The fourth-order valence-electron chi connectivity index (χ4n) is 0. The van der Waals surface area contributed by atoms with Crippen molar-refractivity contribution in [3.05, 3.63) is 0 Å². The lowest BCUT2D eigenvalue weighted by Gasteiger charge is -1.90. The van der Waals surface area contributed by atoms with Crippen molar-refractivity contribution in [2.75, 3.05) is 26.4 Å². The van der Waals surface area contributed by atoms with Crippen molar-refractivity contribution in [1.82, 2.24) is 0 Å². The Morgan fingerprint density at radius 1 is 0.429 bits per heavy atom. The molecule has 5 heteroatoms. The molecule has 0 saturated heterocycles. The summed E-state index contributed by atoms with van der Waals surface area (Å²) in [5.74, 6) is 1.76. The molecule has 3 radical (unpaired) electrons. The van der Waals surface area contributed by atoms with E-state index in [4.69, 9.17) is 20.4 Å². The predicted octanol–water partition coefficient (Wildman–Crippen LogP) is 2.16. The van der Waals surface area contributed by atoms with Gasteiger partial charge in [0.1, 0.15) is 0 Å². The van der Waals surface area contributed by atoms with E-state index in [9.17, 15) is 0 Å². The summed E-state index contributed by atoms with van der Waals surface area (Å²) in [6.07, 6.45) is 0. The van der Waals surface area contributed by atoms with Crippen molar-refractivity contribution in [3.8, 4) is 0 Å².